The van der Waals surface area contributed by atoms with Crippen LogP contribution in [0.5, 0.6) is 5.75 Å². The number of carbonyl (C=O) groups is 5. The number of aryl methyl sites for hydroxylation is 2. The molecule has 3 aromatic rings. The number of benzene rings is 2. The average Bonchev–Trinajstić information content (AvgIpc) is 3.30. The van der Waals surface area contributed by atoms with Gasteiger partial charge in [0.2, 0.25) is 0 Å². The van der Waals surface area contributed by atoms with E-state index in [9.17, 15) is 24.0 Å². The van der Waals surface area contributed by atoms with E-state index >= 15 is 0 Å². The van der Waals surface area contributed by atoms with Gasteiger partial charge < -0.3 is 32.8 Å². The number of ether oxygens (including phenoxy) is 6. The van der Waals surface area contributed by atoms with Crippen molar-refractivity contribution in [2.75, 3.05) is 6.61 Å². The first-order valence-corrected chi connectivity index (χ1v) is 14.3. The monoisotopic (exact) mass is 624 g/mol. The Morgan fingerprint density at radius 2 is 1.33 bits per heavy atom. The molecule has 0 saturated carbocycles. The van der Waals surface area contributed by atoms with Gasteiger partial charge in [-0.1, -0.05) is 6.07 Å². The highest BCUT2D eigenvalue weighted by Gasteiger charge is 2.53. The van der Waals surface area contributed by atoms with Gasteiger partial charge in [0.15, 0.2) is 18.3 Å². The largest absolute Gasteiger partial charge is 0.463 e. The lowest BCUT2D eigenvalue weighted by atomic mass is 9.89. The molecule has 240 valence electrons. The summed E-state index contributed by atoms with van der Waals surface area (Å²) in [4.78, 5) is 60.6. The Hall–Kier alpha value is -4.71. The fraction of sp³-hybridized carbons (Fsp3) is 0.424. The molecular formula is C33H36O12. The van der Waals surface area contributed by atoms with Gasteiger partial charge in [0.25, 0.3) is 0 Å². The van der Waals surface area contributed by atoms with Gasteiger partial charge in [0.05, 0.1) is 0 Å². The molecule has 2 heterocycles. The van der Waals surface area contributed by atoms with E-state index in [1.807, 2.05) is 32.0 Å². The van der Waals surface area contributed by atoms with E-state index in [2.05, 4.69) is 0 Å². The first-order valence-electron chi connectivity index (χ1n) is 14.3. The highest BCUT2D eigenvalue weighted by molar-refractivity contribution is 5.80. The Bertz CT molecular complexity index is 1580. The van der Waals surface area contributed by atoms with Crippen molar-refractivity contribution in [3.8, 4) is 5.75 Å². The van der Waals surface area contributed by atoms with Gasteiger partial charge >= 0.3 is 29.8 Å². The molecule has 12 heteroatoms. The second-order valence-corrected chi connectivity index (χ2v) is 10.9. The average molecular weight is 625 g/mol. The summed E-state index contributed by atoms with van der Waals surface area (Å²) in [5.74, 6) is -2.76. The smallest absolute Gasteiger partial charge is 0.308 e. The number of esters is 5. The molecule has 5 atom stereocenters. The van der Waals surface area contributed by atoms with Gasteiger partial charge in [0.1, 0.15) is 35.9 Å². The SMILES string of the molecule is CC(=O)OCC1OC(c2cc(Cc3cc4cc(C)c(C)cc4o3)ccc2OC(C)=O)[C@H](OC(C)=O)[C@@H](OC(C)=O)[C@@H]1OC(C)=O. The van der Waals surface area contributed by atoms with Crippen LogP contribution in [0.2, 0.25) is 0 Å². The molecule has 1 aliphatic heterocycles. The van der Waals surface area contributed by atoms with Gasteiger partial charge in [-0.15, -0.1) is 0 Å². The molecule has 0 amide bonds. The van der Waals surface area contributed by atoms with Crippen LogP contribution in [-0.4, -0.2) is 60.9 Å². The number of fused-ring (bicyclic) bond motifs is 1. The molecular weight excluding hydrogens is 588 g/mol. The van der Waals surface area contributed by atoms with Crippen molar-refractivity contribution in [3.63, 3.8) is 0 Å². The third-order valence-corrected chi connectivity index (χ3v) is 7.19. The predicted molar refractivity (Wildman–Crippen MR) is 157 cm³/mol. The molecule has 2 unspecified atom stereocenters. The topological polar surface area (TPSA) is 154 Å². The van der Waals surface area contributed by atoms with E-state index in [0.29, 0.717) is 12.2 Å². The number of hydrogen-bond acceptors (Lipinski definition) is 12. The number of hydrogen-bond donors (Lipinski definition) is 0. The van der Waals surface area contributed by atoms with Crippen LogP contribution in [0.4, 0.5) is 0 Å². The summed E-state index contributed by atoms with van der Waals surface area (Å²) in [7, 11) is 0. The molecule has 0 radical (unpaired) electrons. The van der Waals surface area contributed by atoms with E-state index in [-0.39, 0.29) is 11.3 Å². The van der Waals surface area contributed by atoms with E-state index in [1.54, 1.807) is 18.2 Å². The first-order chi connectivity index (χ1) is 21.2. The van der Waals surface area contributed by atoms with Crippen molar-refractivity contribution in [3.05, 3.63) is 64.4 Å². The fourth-order valence-electron chi connectivity index (χ4n) is 5.30. The van der Waals surface area contributed by atoms with Crippen molar-refractivity contribution in [2.24, 2.45) is 0 Å². The number of rotatable bonds is 9. The summed E-state index contributed by atoms with van der Waals surface area (Å²) < 4.78 is 39.8. The number of furan rings is 1. The zero-order chi connectivity index (χ0) is 33.0. The van der Waals surface area contributed by atoms with Crippen molar-refractivity contribution >= 4 is 40.8 Å². The quantitative estimate of drug-likeness (QED) is 0.189. The predicted octanol–water partition coefficient (Wildman–Crippen LogP) is 4.36. The number of carbonyl (C=O) groups excluding carboxylic acids is 5. The molecule has 0 spiro atoms. The van der Waals surface area contributed by atoms with Crippen LogP contribution in [0.3, 0.4) is 0 Å². The summed E-state index contributed by atoms with van der Waals surface area (Å²) in [6, 6.07) is 11.0. The minimum Gasteiger partial charge on any atom is -0.463 e. The molecule has 0 bridgehead atoms. The molecule has 4 rings (SSSR count). The molecule has 1 aromatic heterocycles. The van der Waals surface area contributed by atoms with Gasteiger partial charge in [-0.3, -0.25) is 24.0 Å². The third-order valence-electron chi connectivity index (χ3n) is 7.19. The molecule has 1 saturated heterocycles. The second kappa shape index (κ2) is 13.9. The fourth-order valence-corrected chi connectivity index (χ4v) is 5.30. The molecule has 1 fully saturated rings. The maximum absolute atomic E-state index is 12.4. The van der Waals surface area contributed by atoms with Crippen molar-refractivity contribution in [1.82, 2.24) is 0 Å². The first kappa shape index (κ1) is 33.2. The summed E-state index contributed by atoms with van der Waals surface area (Å²) in [5, 5.41) is 0.949. The molecule has 0 N–H and O–H groups in total. The van der Waals surface area contributed by atoms with E-state index < -0.39 is 67.0 Å². The highest BCUT2D eigenvalue weighted by Crippen LogP contribution is 2.41. The Kier molecular flexibility index (Phi) is 10.3. The lowest BCUT2D eigenvalue weighted by Gasteiger charge is -2.44. The van der Waals surface area contributed by atoms with Crippen LogP contribution in [0.15, 0.2) is 40.8 Å². The summed E-state index contributed by atoms with van der Waals surface area (Å²) in [6.07, 6.45) is -6.15. The minimum atomic E-state index is -1.38. The second-order valence-electron chi connectivity index (χ2n) is 10.9. The maximum atomic E-state index is 12.4. The van der Waals surface area contributed by atoms with E-state index in [1.165, 1.54) is 13.8 Å². The van der Waals surface area contributed by atoms with Gasteiger partial charge in [-0.05, 0) is 60.9 Å². The minimum absolute atomic E-state index is 0.0861. The maximum Gasteiger partial charge on any atom is 0.308 e. The third kappa shape index (κ3) is 8.27. The molecule has 0 aliphatic carbocycles. The van der Waals surface area contributed by atoms with Crippen molar-refractivity contribution in [1.29, 1.82) is 0 Å². The normalized spacial score (nSPS) is 21.1. The van der Waals surface area contributed by atoms with Crippen LogP contribution in [0, 0.1) is 13.8 Å². The Balaban J connectivity index is 1.83. The van der Waals surface area contributed by atoms with Crippen LogP contribution in [0.1, 0.15) is 68.7 Å². The molecule has 2 aromatic carbocycles. The Labute approximate surface area is 259 Å². The van der Waals surface area contributed by atoms with Gasteiger partial charge in [-0.25, -0.2) is 0 Å². The zero-order valence-corrected chi connectivity index (χ0v) is 26.2. The van der Waals surface area contributed by atoms with Crippen molar-refractivity contribution in [2.45, 2.75) is 85.4 Å². The summed E-state index contributed by atoms with van der Waals surface area (Å²) in [6.45, 7) is 9.49. The Morgan fingerprint density at radius 1 is 0.711 bits per heavy atom. The van der Waals surface area contributed by atoms with E-state index in [4.69, 9.17) is 32.8 Å². The summed E-state index contributed by atoms with van der Waals surface area (Å²) >= 11 is 0. The lowest BCUT2D eigenvalue weighted by molar-refractivity contribution is -0.254. The molecule has 12 nitrogen and oxygen atoms in total. The van der Waals surface area contributed by atoms with Crippen LogP contribution in [0.25, 0.3) is 11.0 Å². The van der Waals surface area contributed by atoms with Crippen LogP contribution < -0.4 is 4.74 Å². The van der Waals surface area contributed by atoms with Gasteiger partial charge in [0, 0.05) is 52.0 Å². The standard InChI is InChI=1S/C33H36O12/c1-16-10-24-14-25(44-28(24)11-17(16)2)12-23-8-9-27(40-19(4)35)26(13-23)30-32(42-21(6)37)33(43-22(7)38)31(41-20(5)36)29(45-30)15-39-18(3)34/h8-11,13-14,29-33H,12,15H2,1-7H3/t29?,30?,31-,32+,33+/m1/s1. The lowest BCUT2D eigenvalue weighted by Crippen LogP contribution is -2.59. The van der Waals surface area contributed by atoms with E-state index in [0.717, 1.165) is 48.4 Å². The molecule has 1 aliphatic rings. The van der Waals surface area contributed by atoms with Crippen LogP contribution >= 0.6 is 0 Å². The van der Waals surface area contributed by atoms with Crippen LogP contribution in [-0.2, 0) is 54.1 Å². The Morgan fingerprint density at radius 3 is 1.96 bits per heavy atom. The molecule has 45 heavy (non-hydrogen) atoms. The van der Waals surface area contributed by atoms with Crippen molar-refractivity contribution < 1.29 is 56.8 Å². The zero-order valence-electron chi connectivity index (χ0n) is 26.2. The highest BCUT2D eigenvalue weighted by atomic mass is 16.7. The van der Waals surface area contributed by atoms with Gasteiger partial charge in [-0.2, -0.15) is 0 Å². The summed E-state index contributed by atoms with van der Waals surface area (Å²) in [5.41, 5.74) is 3.96.